The zero-order valence-electron chi connectivity index (χ0n) is 14.8. The topological polar surface area (TPSA) is 81.5 Å². The van der Waals surface area contributed by atoms with Crippen molar-refractivity contribution in [3.05, 3.63) is 63.2 Å². The highest BCUT2D eigenvalue weighted by Crippen LogP contribution is 2.23. The number of hydrogen-bond acceptors (Lipinski definition) is 4. The van der Waals surface area contributed by atoms with E-state index in [1.54, 1.807) is 13.0 Å². The lowest BCUT2D eigenvalue weighted by atomic mass is 10.1. The molecule has 1 atom stereocenters. The molecule has 6 nitrogen and oxygen atoms in total. The van der Waals surface area contributed by atoms with Gasteiger partial charge in [0, 0.05) is 12.1 Å². The van der Waals surface area contributed by atoms with Crippen LogP contribution in [0.2, 0.25) is 0 Å². The molecular weight excluding hydrogens is 320 g/mol. The Balaban J connectivity index is 2.16. The first kappa shape index (κ1) is 18.4. The molecule has 0 saturated carbocycles. The molecule has 0 saturated heterocycles. The zero-order chi connectivity index (χ0) is 18.6. The Kier molecular flexibility index (Phi) is 5.75. The number of nitro groups is 1. The van der Waals surface area contributed by atoms with Gasteiger partial charge >= 0.3 is 0 Å². The number of nitrogens with one attached hydrogen (secondary N) is 1. The van der Waals surface area contributed by atoms with Crippen molar-refractivity contribution in [3.63, 3.8) is 0 Å². The van der Waals surface area contributed by atoms with Gasteiger partial charge in [-0.25, -0.2) is 0 Å². The summed E-state index contributed by atoms with van der Waals surface area (Å²) in [6.07, 6.45) is -0.201. The Bertz CT molecular complexity index is 802. The van der Waals surface area contributed by atoms with Gasteiger partial charge in [0.15, 0.2) is 6.10 Å². The van der Waals surface area contributed by atoms with E-state index in [0.717, 1.165) is 16.7 Å². The molecule has 0 radical (unpaired) electrons. The third-order valence-electron chi connectivity index (χ3n) is 4.11. The minimum atomic E-state index is -0.680. The van der Waals surface area contributed by atoms with Crippen LogP contribution in [0.1, 0.15) is 30.0 Å². The molecule has 0 aliphatic rings. The lowest BCUT2D eigenvalue weighted by Gasteiger charge is -2.18. The highest BCUT2D eigenvalue weighted by atomic mass is 16.6. The number of non-ortho nitro benzene ring substituents is 1. The van der Waals surface area contributed by atoms with Crippen molar-refractivity contribution in [1.82, 2.24) is 0 Å². The van der Waals surface area contributed by atoms with Crippen LogP contribution in [0.15, 0.2) is 36.4 Å². The Hall–Kier alpha value is -2.89. The predicted molar refractivity (Wildman–Crippen MR) is 97.1 cm³/mol. The van der Waals surface area contributed by atoms with Crippen LogP contribution >= 0.6 is 0 Å². The van der Waals surface area contributed by atoms with E-state index in [1.807, 2.05) is 39.0 Å². The molecule has 2 aromatic carbocycles. The van der Waals surface area contributed by atoms with Crippen LogP contribution in [0.25, 0.3) is 0 Å². The van der Waals surface area contributed by atoms with Crippen molar-refractivity contribution in [2.75, 3.05) is 5.32 Å². The van der Waals surface area contributed by atoms with Gasteiger partial charge < -0.3 is 10.1 Å². The second kappa shape index (κ2) is 7.79. The predicted octanol–water partition coefficient (Wildman–Crippen LogP) is 4.32. The summed E-state index contributed by atoms with van der Waals surface area (Å²) < 4.78 is 5.81. The summed E-state index contributed by atoms with van der Waals surface area (Å²) in [7, 11) is 0. The molecule has 0 bridgehead atoms. The van der Waals surface area contributed by atoms with Gasteiger partial charge in [0.25, 0.3) is 11.6 Å². The standard InChI is InChI=1S/C19H22N2O4/c1-5-18(25-16-9-7-12(2)14(4)10-16)19(22)20-17-11-15(21(23)24)8-6-13(17)3/h6-11,18H,5H2,1-4H3,(H,20,22)/t18-/m1/s1. The number of carbonyl (C=O) groups is 1. The van der Waals surface area contributed by atoms with Crippen LogP contribution in [-0.4, -0.2) is 16.9 Å². The van der Waals surface area contributed by atoms with Crippen molar-refractivity contribution in [1.29, 1.82) is 0 Å². The summed E-state index contributed by atoms with van der Waals surface area (Å²) in [6, 6.07) is 10.0. The van der Waals surface area contributed by atoms with E-state index >= 15 is 0 Å². The lowest BCUT2D eigenvalue weighted by molar-refractivity contribution is -0.384. The molecule has 2 rings (SSSR count). The van der Waals surface area contributed by atoms with Crippen LogP contribution in [0.5, 0.6) is 5.75 Å². The Morgan fingerprint density at radius 3 is 2.40 bits per heavy atom. The first-order valence-corrected chi connectivity index (χ1v) is 8.11. The largest absolute Gasteiger partial charge is 0.481 e. The fraction of sp³-hybridized carbons (Fsp3) is 0.316. The highest BCUT2D eigenvalue weighted by molar-refractivity contribution is 5.95. The van der Waals surface area contributed by atoms with Gasteiger partial charge in [0.1, 0.15) is 5.75 Å². The van der Waals surface area contributed by atoms with E-state index in [4.69, 9.17) is 4.74 Å². The molecule has 0 aromatic heterocycles. The molecule has 0 aliphatic heterocycles. The Morgan fingerprint density at radius 2 is 1.80 bits per heavy atom. The summed E-state index contributed by atoms with van der Waals surface area (Å²) >= 11 is 0. The smallest absolute Gasteiger partial charge is 0.271 e. The summed E-state index contributed by atoms with van der Waals surface area (Å²) in [5.41, 5.74) is 3.34. The first-order valence-electron chi connectivity index (χ1n) is 8.11. The SMILES string of the molecule is CC[C@@H](Oc1ccc(C)c(C)c1)C(=O)Nc1cc([N+](=O)[O-])ccc1C. The maximum absolute atomic E-state index is 12.5. The minimum absolute atomic E-state index is 0.0657. The third-order valence-corrected chi connectivity index (χ3v) is 4.11. The summed E-state index contributed by atoms with van der Waals surface area (Å²) in [6.45, 7) is 7.62. The molecule has 6 heteroatoms. The minimum Gasteiger partial charge on any atom is -0.481 e. The molecule has 0 fully saturated rings. The van der Waals surface area contributed by atoms with Gasteiger partial charge in [-0.2, -0.15) is 0 Å². The van der Waals surface area contributed by atoms with Gasteiger partial charge in [-0.15, -0.1) is 0 Å². The zero-order valence-corrected chi connectivity index (χ0v) is 14.8. The van der Waals surface area contributed by atoms with Gasteiger partial charge in [0.05, 0.1) is 10.6 Å². The molecule has 0 aliphatic carbocycles. The van der Waals surface area contributed by atoms with Crippen molar-refractivity contribution in [3.8, 4) is 5.75 Å². The maximum Gasteiger partial charge on any atom is 0.271 e. The molecule has 2 aromatic rings. The second-order valence-electron chi connectivity index (χ2n) is 6.01. The molecule has 25 heavy (non-hydrogen) atoms. The summed E-state index contributed by atoms with van der Waals surface area (Å²) in [4.78, 5) is 22.9. The van der Waals surface area contributed by atoms with Gasteiger partial charge in [0.2, 0.25) is 0 Å². The van der Waals surface area contributed by atoms with E-state index in [0.29, 0.717) is 17.9 Å². The van der Waals surface area contributed by atoms with Crippen LogP contribution < -0.4 is 10.1 Å². The van der Waals surface area contributed by atoms with Crippen molar-refractivity contribution in [2.45, 2.75) is 40.2 Å². The number of benzene rings is 2. The van der Waals surface area contributed by atoms with Gasteiger partial charge in [-0.3, -0.25) is 14.9 Å². The normalized spacial score (nSPS) is 11.7. The number of hydrogen-bond donors (Lipinski definition) is 1. The van der Waals surface area contributed by atoms with E-state index in [9.17, 15) is 14.9 Å². The van der Waals surface area contributed by atoms with Crippen molar-refractivity contribution < 1.29 is 14.5 Å². The number of nitro benzene ring substituents is 1. The maximum atomic E-state index is 12.5. The second-order valence-corrected chi connectivity index (χ2v) is 6.01. The summed E-state index contributed by atoms with van der Waals surface area (Å²) in [5.74, 6) is 0.296. The number of nitrogens with zero attached hydrogens (tertiary/aromatic N) is 1. The third kappa shape index (κ3) is 4.56. The van der Waals surface area contributed by atoms with E-state index in [2.05, 4.69) is 5.32 Å². The van der Waals surface area contributed by atoms with Gasteiger partial charge in [-0.05, 0) is 56.0 Å². The van der Waals surface area contributed by atoms with Gasteiger partial charge in [-0.1, -0.05) is 19.1 Å². The Labute approximate surface area is 147 Å². The monoisotopic (exact) mass is 342 g/mol. The van der Waals surface area contributed by atoms with E-state index in [1.165, 1.54) is 12.1 Å². The average Bonchev–Trinajstić information content (AvgIpc) is 2.57. The molecule has 0 heterocycles. The number of aryl methyl sites for hydroxylation is 3. The van der Waals surface area contributed by atoms with E-state index < -0.39 is 11.0 Å². The number of rotatable bonds is 6. The molecular formula is C19H22N2O4. The first-order chi connectivity index (χ1) is 11.8. The lowest BCUT2D eigenvalue weighted by Crippen LogP contribution is -2.32. The van der Waals surface area contributed by atoms with Crippen molar-refractivity contribution >= 4 is 17.3 Å². The van der Waals surface area contributed by atoms with Crippen LogP contribution in [0, 0.1) is 30.9 Å². The van der Waals surface area contributed by atoms with Crippen LogP contribution in [-0.2, 0) is 4.79 Å². The quantitative estimate of drug-likeness (QED) is 0.626. The van der Waals surface area contributed by atoms with E-state index in [-0.39, 0.29) is 11.6 Å². The van der Waals surface area contributed by atoms with Crippen LogP contribution in [0.4, 0.5) is 11.4 Å². The highest BCUT2D eigenvalue weighted by Gasteiger charge is 2.20. The average molecular weight is 342 g/mol. The molecule has 1 amide bonds. The molecule has 132 valence electrons. The molecule has 0 spiro atoms. The fourth-order valence-corrected chi connectivity index (χ4v) is 2.35. The number of ether oxygens (including phenoxy) is 1. The molecule has 0 unspecified atom stereocenters. The summed E-state index contributed by atoms with van der Waals surface area (Å²) in [5, 5.41) is 13.6. The number of amides is 1. The number of anilines is 1. The molecule has 1 N–H and O–H groups in total. The number of carbonyl (C=O) groups excluding carboxylic acids is 1. The van der Waals surface area contributed by atoms with Crippen molar-refractivity contribution in [2.24, 2.45) is 0 Å². The Morgan fingerprint density at radius 1 is 1.12 bits per heavy atom. The van der Waals surface area contributed by atoms with Crippen LogP contribution in [0.3, 0.4) is 0 Å². The fourth-order valence-electron chi connectivity index (χ4n) is 2.35.